The number of carbonyl (C=O) groups excluding carboxylic acids is 1. The van der Waals surface area contributed by atoms with Gasteiger partial charge in [0, 0.05) is 31.6 Å². The first-order valence-corrected chi connectivity index (χ1v) is 8.95. The first kappa shape index (κ1) is 15.3. The lowest BCUT2D eigenvalue weighted by atomic mass is 9.67. The predicted molar refractivity (Wildman–Crippen MR) is 85.2 cm³/mol. The average molecular weight is 293 g/mol. The van der Waals surface area contributed by atoms with Gasteiger partial charge in [0.1, 0.15) is 0 Å². The van der Waals surface area contributed by atoms with Crippen LogP contribution in [0.5, 0.6) is 0 Å². The van der Waals surface area contributed by atoms with Gasteiger partial charge >= 0.3 is 0 Å². The zero-order chi connectivity index (χ0) is 14.7. The molecule has 120 valence electrons. The minimum absolute atomic E-state index is 0.347. The van der Waals surface area contributed by atoms with Crippen LogP contribution < -0.4 is 10.6 Å². The Hall–Kier alpha value is -0.610. The summed E-state index contributed by atoms with van der Waals surface area (Å²) in [4.78, 5) is 14.0. The van der Waals surface area contributed by atoms with Crippen molar-refractivity contribution in [3.05, 3.63) is 0 Å². The number of rotatable bonds is 4. The number of likely N-dealkylation sites (tertiary alicyclic amines) is 1. The monoisotopic (exact) mass is 293 g/mol. The van der Waals surface area contributed by atoms with Crippen LogP contribution in [0.25, 0.3) is 0 Å². The van der Waals surface area contributed by atoms with E-state index in [-0.39, 0.29) is 0 Å². The van der Waals surface area contributed by atoms with Crippen molar-refractivity contribution < 1.29 is 4.79 Å². The molecule has 1 amide bonds. The van der Waals surface area contributed by atoms with Crippen LogP contribution in [0.3, 0.4) is 0 Å². The van der Waals surface area contributed by atoms with E-state index in [0.717, 1.165) is 19.5 Å². The van der Waals surface area contributed by atoms with E-state index in [0.29, 0.717) is 29.8 Å². The van der Waals surface area contributed by atoms with E-state index in [1.54, 1.807) is 0 Å². The van der Waals surface area contributed by atoms with E-state index >= 15 is 0 Å². The molecule has 0 aromatic rings. The third-order valence-electron chi connectivity index (χ3n) is 5.89. The van der Waals surface area contributed by atoms with Crippen molar-refractivity contribution in [2.24, 2.45) is 5.41 Å². The molecule has 2 heterocycles. The highest BCUT2D eigenvalue weighted by atomic mass is 16.2. The molecule has 4 heteroatoms. The highest BCUT2D eigenvalue weighted by Gasteiger charge is 2.37. The molecule has 0 radical (unpaired) electrons. The fourth-order valence-corrected chi connectivity index (χ4v) is 4.56. The average Bonchev–Trinajstić information content (AvgIpc) is 2.83. The third kappa shape index (κ3) is 3.59. The molecule has 3 rings (SSSR count). The molecule has 2 aliphatic heterocycles. The summed E-state index contributed by atoms with van der Waals surface area (Å²) in [5.74, 6) is 0.347. The third-order valence-corrected chi connectivity index (χ3v) is 5.89. The number of hydrogen-bond donors (Lipinski definition) is 2. The molecule has 2 saturated heterocycles. The molecule has 0 unspecified atom stereocenters. The minimum atomic E-state index is 0.347. The molecular formula is C17H31N3O. The van der Waals surface area contributed by atoms with E-state index in [2.05, 4.69) is 17.6 Å². The second kappa shape index (κ2) is 6.66. The van der Waals surface area contributed by atoms with E-state index in [1.807, 2.05) is 4.90 Å². The van der Waals surface area contributed by atoms with E-state index in [9.17, 15) is 4.79 Å². The van der Waals surface area contributed by atoms with Gasteiger partial charge in [-0.15, -0.1) is 0 Å². The molecule has 1 atom stereocenters. The Kier molecular flexibility index (Phi) is 4.85. The number of amides is 1. The second-order valence-electron chi connectivity index (χ2n) is 7.43. The van der Waals surface area contributed by atoms with E-state index in [4.69, 9.17) is 0 Å². The fourth-order valence-electron chi connectivity index (χ4n) is 4.56. The van der Waals surface area contributed by atoms with Crippen molar-refractivity contribution in [1.29, 1.82) is 0 Å². The standard InChI is InChI=1S/C17H31N3O/c1-2-11-20-13-15(12-16(20)21)19-14-3-5-17(6-4-14)7-9-18-10-8-17/h14-15,18-19H,2-13H2,1H3/t15-/m0/s1. The summed E-state index contributed by atoms with van der Waals surface area (Å²) in [6.45, 7) is 6.42. The summed E-state index contributed by atoms with van der Waals surface area (Å²) in [7, 11) is 0. The lowest BCUT2D eigenvalue weighted by molar-refractivity contribution is -0.127. The Morgan fingerprint density at radius 2 is 1.90 bits per heavy atom. The van der Waals surface area contributed by atoms with Crippen LogP contribution >= 0.6 is 0 Å². The van der Waals surface area contributed by atoms with Gasteiger partial charge in [0.2, 0.25) is 5.91 Å². The maximum atomic E-state index is 11.9. The molecule has 0 aromatic carbocycles. The molecule has 3 aliphatic rings. The Bertz CT molecular complexity index is 355. The molecule has 0 bridgehead atoms. The zero-order valence-electron chi connectivity index (χ0n) is 13.5. The highest BCUT2D eigenvalue weighted by molar-refractivity contribution is 5.79. The molecule has 1 saturated carbocycles. The van der Waals surface area contributed by atoms with Crippen molar-refractivity contribution in [1.82, 2.24) is 15.5 Å². The predicted octanol–water partition coefficient (Wildman–Crippen LogP) is 1.90. The van der Waals surface area contributed by atoms with Crippen LogP contribution in [0, 0.1) is 5.41 Å². The highest BCUT2D eigenvalue weighted by Crippen LogP contribution is 2.43. The zero-order valence-corrected chi connectivity index (χ0v) is 13.5. The molecule has 0 aromatic heterocycles. The van der Waals surface area contributed by atoms with Crippen LogP contribution in [0.1, 0.15) is 58.3 Å². The molecule has 2 N–H and O–H groups in total. The molecule has 3 fully saturated rings. The molecule has 1 spiro atoms. The number of hydrogen-bond acceptors (Lipinski definition) is 3. The lowest BCUT2D eigenvalue weighted by Gasteiger charge is -2.43. The quantitative estimate of drug-likeness (QED) is 0.832. The minimum Gasteiger partial charge on any atom is -0.341 e. The summed E-state index contributed by atoms with van der Waals surface area (Å²) < 4.78 is 0. The molecular weight excluding hydrogens is 262 g/mol. The maximum Gasteiger partial charge on any atom is 0.224 e. The van der Waals surface area contributed by atoms with Crippen molar-refractivity contribution in [2.45, 2.75) is 70.4 Å². The van der Waals surface area contributed by atoms with Crippen molar-refractivity contribution in [2.75, 3.05) is 26.2 Å². The van der Waals surface area contributed by atoms with Gasteiger partial charge in [-0.25, -0.2) is 0 Å². The summed E-state index contributed by atoms with van der Waals surface area (Å²) >= 11 is 0. The van der Waals surface area contributed by atoms with Gasteiger partial charge in [-0.3, -0.25) is 4.79 Å². The van der Waals surface area contributed by atoms with Gasteiger partial charge in [-0.2, -0.15) is 0 Å². The molecule has 21 heavy (non-hydrogen) atoms. The van der Waals surface area contributed by atoms with Crippen molar-refractivity contribution in [3.63, 3.8) is 0 Å². The summed E-state index contributed by atoms with van der Waals surface area (Å²) in [6.07, 6.45) is 9.89. The van der Waals surface area contributed by atoms with Gasteiger partial charge < -0.3 is 15.5 Å². The topological polar surface area (TPSA) is 44.4 Å². The fraction of sp³-hybridized carbons (Fsp3) is 0.941. The first-order chi connectivity index (χ1) is 10.2. The van der Waals surface area contributed by atoms with Gasteiger partial charge in [-0.05, 0) is 63.5 Å². The van der Waals surface area contributed by atoms with Crippen LogP contribution in [0.15, 0.2) is 0 Å². The summed E-state index contributed by atoms with van der Waals surface area (Å²) in [5, 5.41) is 7.27. The Labute approximate surface area is 129 Å². The van der Waals surface area contributed by atoms with Crippen molar-refractivity contribution >= 4 is 5.91 Å². The van der Waals surface area contributed by atoms with Crippen LogP contribution in [0.4, 0.5) is 0 Å². The lowest BCUT2D eigenvalue weighted by Crippen LogP contribution is -2.46. The van der Waals surface area contributed by atoms with Crippen LogP contribution in [-0.2, 0) is 4.79 Å². The van der Waals surface area contributed by atoms with Crippen molar-refractivity contribution in [3.8, 4) is 0 Å². The summed E-state index contributed by atoms with van der Waals surface area (Å²) in [6, 6.07) is 1.04. The Balaban J connectivity index is 1.44. The van der Waals surface area contributed by atoms with E-state index in [1.165, 1.54) is 51.6 Å². The van der Waals surface area contributed by atoms with Gasteiger partial charge in [0.15, 0.2) is 0 Å². The smallest absolute Gasteiger partial charge is 0.224 e. The second-order valence-corrected chi connectivity index (χ2v) is 7.43. The number of nitrogens with zero attached hydrogens (tertiary/aromatic N) is 1. The number of nitrogens with one attached hydrogen (secondary N) is 2. The first-order valence-electron chi connectivity index (χ1n) is 8.95. The number of carbonyl (C=O) groups is 1. The van der Waals surface area contributed by atoms with Gasteiger partial charge in [0.05, 0.1) is 0 Å². The molecule has 4 nitrogen and oxygen atoms in total. The molecule has 1 aliphatic carbocycles. The SMILES string of the molecule is CCCN1C[C@@H](NC2CCC3(CCNCC3)CC2)CC1=O. The van der Waals surface area contributed by atoms with Crippen LogP contribution in [-0.4, -0.2) is 49.1 Å². The van der Waals surface area contributed by atoms with Gasteiger partial charge in [0.25, 0.3) is 0 Å². The number of piperidine rings is 1. The van der Waals surface area contributed by atoms with Crippen LogP contribution in [0.2, 0.25) is 0 Å². The maximum absolute atomic E-state index is 11.9. The normalized spacial score (nSPS) is 30.2. The largest absolute Gasteiger partial charge is 0.341 e. The Morgan fingerprint density at radius 3 is 2.57 bits per heavy atom. The summed E-state index contributed by atoms with van der Waals surface area (Å²) in [5.41, 5.74) is 0.642. The van der Waals surface area contributed by atoms with Gasteiger partial charge in [-0.1, -0.05) is 6.92 Å². The Morgan fingerprint density at radius 1 is 1.19 bits per heavy atom. The van der Waals surface area contributed by atoms with E-state index < -0.39 is 0 Å².